The first-order chi connectivity index (χ1) is 15.4. The van der Waals surface area contributed by atoms with Crippen molar-refractivity contribution in [3.8, 4) is 17.7 Å². The van der Waals surface area contributed by atoms with Crippen LogP contribution in [0.5, 0.6) is 5.88 Å². The molecule has 2 aliphatic rings. The molecule has 1 aromatic carbocycles. The first-order valence-corrected chi connectivity index (χ1v) is 9.96. The number of benzene rings is 1. The largest absolute Gasteiger partial charge is 0.463 e. The fraction of sp³-hybridized carbons (Fsp3) is 0.364. The molecule has 0 unspecified atom stereocenters. The van der Waals surface area contributed by atoms with Gasteiger partial charge in [-0.25, -0.2) is 19.4 Å². The normalized spacial score (nSPS) is 23.8. The minimum atomic E-state index is -1.01. The van der Waals surface area contributed by atoms with Crippen molar-refractivity contribution in [2.24, 2.45) is 16.6 Å². The minimum Gasteiger partial charge on any atom is -0.463 e. The van der Waals surface area contributed by atoms with E-state index in [2.05, 4.69) is 32.1 Å². The van der Waals surface area contributed by atoms with Crippen molar-refractivity contribution >= 4 is 17.6 Å². The number of hydrogen-bond acceptors (Lipinski definition) is 8. The Morgan fingerprint density at radius 1 is 1.38 bits per heavy atom. The van der Waals surface area contributed by atoms with Gasteiger partial charge in [-0.15, -0.1) is 5.92 Å². The van der Waals surface area contributed by atoms with Gasteiger partial charge < -0.3 is 25.3 Å². The molecule has 0 aliphatic carbocycles. The zero-order chi connectivity index (χ0) is 22.7. The summed E-state index contributed by atoms with van der Waals surface area (Å²) in [6.07, 6.45) is 2.32. The van der Waals surface area contributed by atoms with Crippen LogP contribution in [0.2, 0.25) is 0 Å². The number of halogens is 1. The lowest BCUT2D eigenvalue weighted by Gasteiger charge is -2.38. The number of rotatable bonds is 5. The fourth-order valence-electron chi connectivity index (χ4n) is 3.80. The number of aromatic nitrogens is 2. The van der Waals surface area contributed by atoms with E-state index in [0.29, 0.717) is 18.9 Å². The van der Waals surface area contributed by atoms with Crippen molar-refractivity contribution in [1.82, 2.24) is 9.97 Å². The number of aliphatic imine (C=N–C) groups is 1. The number of amidine groups is 1. The standard InChI is InChI=1S/C22H22FN5O4/c1-3-4-7-31-19-10-25-17(9-26-19)20(29)27-13-5-6-16(23)14(8-13)22(2)15-11-30-12-18(15)32-21(24)28-22/h5-6,8-10,15,18H,7,11-12H2,1-2H3,(H2,24,28)(H,27,29)/t15-,18+,22+/m0/s1. The van der Waals surface area contributed by atoms with E-state index in [4.69, 9.17) is 19.9 Å². The molecule has 2 aromatic rings. The first kappa shape index (κ1) is 21.5. The number of amides is 1. The van der Waals surface area contributed by atoms with Crippen molar-refractivity contribution < 1.29 is 23.4 Å². The van der Waals surface area contributed by atoms with E-state index in [1.165, 1.54) is 24.5 Å². The Morgan fingerprint density at radius 2 is 2.22 bits per heavy atom. The molecule has 166 valence electrons. The number of anilines is 1. The van der Waals surface area contributed by atoms with Crippen molar-refractivity contribution in [3.05, 3.63) is 47.7 Å². The predicted octanol–water partition coefficient (Wildman–Crippen LogP) is 1.85. The zero-order valence-corrected chi connectivity index (χ0v) is 17.6. The van der Waals surface area contributed by atoms with E-state index in [1.807, 2.05) is 0 Å². The Morgan fingerprint density at radius 3 is 2.97 bits per heavy atom. The van der Waals surface area contributed by atoms with Gasteiger partial charge in [-0.1, -0.05) is 5.92 Å². The smallest absolute Gasteiger partial charge is 0.283 e. The lowest BCUT2D eigenvalue weighted by molar-refractivity contribution is 0.0817. The second-order valence-electron chi connectivity index (χ2n) is 7.50. The summed E-state index contributed by atoms with van der Waals surface area (Å²) in [6, 6.07) is 4.26. The van der Waals surface area contributed by atoms with E-state index in [-0.39, 0.29) is 41.8 Å². The molecule has 4 rings (SSSR count). The third-order valence-corrected chi connectivity index (χ3v) is 5.46. The summed E-state index contributed by atoms with van der Waals surface area (Å²) in [7, 11) is 0. The molecule has 3 N–H and O–H groups in total. The van der Waals surface area contributed by atoms with Crippen LogP contribution in [0.4, 0.5) is 10.1 Å². The van der Waals surface area contributed by atoms with Crippen molar-refractivity contribution in [3.63, 3.8) is 0 Å². The van der Waals surface area contributed by atoms with Crippen LogP contribution in [0.15, 0.2) is 35.6 Å². The maximum atomic E-state index is 14.9. The lowest BCUT2D eigenvalue weighted by atomic mass is 9.77. The second-order valence-corrected chi connectivity index (χ2v) is 7.50. The quantitative estimate of drug-likeness (QED) is 0.682. The molecule has 0 bridgehead atoms. The summed E-state index contributed by atoms with van der Waals surface area (Å²) in [5.41, 5.74) is 5.58. The number of fused-ring (bicyclic) bond motifs is 1. The molecule has 1 saturated heterocycles. The van der Waals surface area contributed by atoms with E-state index in [1.54, 1.807) is 19.9 Å². The van der Waals surface area contributed by atoms with Crippen LogP contribution in [0.25, 0.3) is 0 Å². The van der Waals surface area contributed by atoms with Crippen LogP contribution in [-0.4, -0.2) is 47.8 Å². The molecule has 3 heterocycles. The molecule has 9 nitrogen and oxygen atoms in total. The third kappa shape index (κ3) is 4.20. The van der Waals surface area contributed by atoms with Gasteiger partial charge in [-0.3, -0.25) is 4.79 Å². The number of nitrogens with zero attached hydrogens (tertiary/aromatic N) is 3. The summed E-state index contributed by atoms with van der Waals surface area (Å²) in [6.45, 7) is 4.39. The van der Waals surface area contributed by atoms with Gasteiger partial charge in [0.2, 0.25) is 5.88 Å². The second kappa shape index (κ2) is 8.80. The van der Waals surface area contributed by atoms with Gasteiger partial charge in [0, 0.05) is 11.3 Å². The molecule has 1 amide bonds. The molecule has 10 heteroatoms. The third-order valence-electron chi connectivity index (χ3n) is 5.46. The van der Waals surface area contributed by atoms with Crippen molar-refractivity contribution in [2.45, 2.75) is 25.5 Å². The number of nitrogens with two attached hydrogens (primary N) is 1. The number of nitrogens with one attached hydrogen (secondary N) is 1. The number of carbonyl (C=O) groups is 1. The zero-order valence-electron chi connectivity index (χ0n) is 17.6. The Balaban J connectivity index is 1.54. The van der Waals surface area contributed by atoms with Crippen LogP contribution in [0.1, 0.15) is 29.9 Å². The molecule has 1 fully saturated rings. The molecule has 0 saturated carbocycles. The lowest BCUT2D eigenvalue weighted by Crippen LogP contribution is -2.47. The average Bonchev–Trinajstić information content (AvgIpc) is 3.25. The molecular formula is C22H22FN5O4. The minimum absolute atomic E-state index is 0.0180. The van der Waals surface area contributed by atoms with E-state index < -0.39 is 17.3 Å². The van der Waals surface area contributed by atoms with Gasteiger partial charge >= 0.3 is 0 Å². The highest BCUT2D eigenvalue weighted by atomic mass is 19.1. The van der Waals surface area contributed by atoms with Gasteiger partial charge in [-0.2, -0.15) is 0 Å². The molecule has 2 aliphatic heterocycles. The Hall–Kier alpha value is -3.71. The molecule has 32 heavy (non-hydrogen) atoms. The van der Waals surface area contributed by atoms with Gasteiger partial charge in [0.05, 0.1) is 37.1 Å². The highest BCUT2D eigenvalue weighted by molar-refractivity contribution is 6.02. The van der Waals surface area contributed by atoms with E-state index in [0.717, 1.165) is 0 Å². The average molecular weight is 439 g/mol. The SMILES string of the molecule is CC#CCOc1cnc(C(=O)Nc2ccc(F)c([C@@]3(C)N=C(N)O[C@@H]4COC[C@@H]43)c2)cn1. The number of carbonyl (C=O) groups excluding carboxylic acids is 1. The van der Waals surface area contributed by atoms with Crippen LogP contribution < -0.4 is 15.8 Å². The van der Waals surface area contributed by atoms with Crippen LogP contribution >= 0.6 is 0 Å². The maximum Gasteiger partial charge on any atom is 0.283 e. The summed E-state index contributed by atoms with van der Waals surface area (Å²) in [5, 5.41) is 2.71. The van der Waals surface area contributed by atoms with E-state index in [9.17, 15) is 9.18 Å². The van der Waals surface area contributed by atoms with Gasteiger partial charge in [0.15, 0.2) is 6.61 Å². The van der Waals surface area contributed by atoms with Crippen LogP contribution in [0, 0.1) is 23.6 Å². The summed E-state index contributed by atoms with van der Waals surface area (Å²) in [5.74, 6) is 4.51. The predicted molar refractivity (Wildman–Crippen MR) is 113 cm³/mol. The van der Waals surface area contributed by atoms with Gasteiger partial charge in [0.25, 0.3) is 11.9 Å². The fourth-order valence-corrected chi connectivity index (χ4v) is 3.80. The van der Waals surface area contributed by atoms with Crippen molar-refractivity contribution in [2.75, 3.05) is 25.1 Å². The number of ether oxygens (including phenoxy) is 3. The maximum absolute atomic E-state index is 14.9. The van der Waals surface area contributed by atoms with E-state index >= 15 is 0 Å². The Kier molecular flexibility index (Phi) is 5.92. The van der Waals surface area contributed by atoms with Gasteiger partial charge in [-0.05, 0) is 32.0 Å². The van der Waals surface area contributed by atoms with Crippen molar-refractivity contribution in [1.29, 1.82) is 0 Å². The van der Waals surface area contributed by atoms with Gasteiger partial charge in [0.1, 0.15) is 17.6 Å². The number of hydrogen-bond donors (Lipinski definition) is 2. The molecule has 1 aromatic heterocycles. The van der Waals surface area contributed by atoms with Crippen LogP contribution in [-0.2, 0) is 15.0 Å². The Labute approximate surface area is 184 Å². The monoisotopic (exact) mass is 439 g/mol. The Bertz CT molecular complexity index is 1110. The summed E-state index contributed by atoms with van der Waals surface area (Å²) < 4.78 is 31.2. The molecule has 0 radical (unpaired) electrons. The highest BCUT2D eigenvalue weighted by Gasteiger charge is 2.50. The topological polar surface area (TPSA) is 121 Å². The molecule has 3 atom stereocenters. The van der Waals surface area contributed by atoms with Crippen LogP contribution in [0.3, 0.4) is 0 Å². The summed E-state index contributed by atoms with van der Waals surface area (Å²) >= 11 is 0. The molecular weight excluding hydrogens is 417 g/mol. The summed E-state index contributed by atoms with van der Waals surface area (Å²) in [4.78, 5) is 25.1. The molecule has 0 spiro atoms. The first-order valence-electron chi connectivity index (χ1n) is 9.96. The highest BCUT2D eigenvalue weighted by Crippen LogP contribution is 2.43.